The van der Waals surface area contributed by atoms with Crippen molar-refractivity contribution < 1.29 is 9.32 Å². The minimum atomic E-state index is -0.0686. The molecule has 3 aromatic heterocycles. The molecule has 3 aromatic rings. The van der Waals surface area contributed by atoms with Gasteiger partial charge in [-0.2, -0.15) is 5.10 Å². The Bertz CT molecular complexity index is 775. The second-order valence-corrected chi connectivity index (χ2v) is 5.84. The Balaban J connectivity index is 1.56. The molecule has 1 N–H and O–H groups in total. The molecule has 6 nitrogen and oxygen atoms in total. The van der Waals surface area contributed by atoms with Crippen LogP contribution in [0.4, 0.5) is 0 Å². The van der Waals surface area contributed by atoms with Crippen LogP contribution in [0.25, 0.3) is 10.6 Å². The molecule has 0 atom stereocenters. The summed E-state index contributed by atoms with van der Waals surface area (Å²) in [5.41, 5.74) is 2.29. The standard InChI is InChI=1S/C14H12N4O2S/c19-14(18-4-3-12-9(8-18)7-15-20-12)11-6-10(16-17-11)13-2-1-5-21-13/h1-2,5-7H,3-4,8H2,(H,16,17). The van der Waals surface area contributed by atoms with Crippen LogP contribution >= 0.6 is 11.3 Å². The summed E-state index contributed by atoms with van der Waals surface area (Å²) in [6.45, 7) is 1.15. The molecule has 0 unspecified atom stereocenters. The number of amides is 1. The number of nitrogens with one attached hydrogen (secondary N) is 1. The van der Waals surface area contributed by atoms with E-state index in [-0.39, 0.29) is 5.91 Å². The number of thiophene rings is 1. The third kappa shape index (κ3) is 2.15. The fourth-order valence-corrected chi connectivity index (χ4v) is 3.16. The molecule has 21 heavy (non-hydrogen) atoms. The fraction of sp³-hybridized carbons (Fsp3) is 0.214. The minimum absolute atomic E-state index is 0.0686. The van der Waals surface area contributed by atoms with Crippen molar-refractivity contribution >= 4 is 17.2 Å². The van der Waals surface area contributed by atoms with E-state index in [9.17, 15) is 4.79 Å². The van der Waals surface area contributed by atoms with E-state index < -0.39 is 0 Å². The molecule has 0 aromatic carbocycles. The maximum Gasteiger partial charge on any atom is 0.274 e. The first-order valence-electron chi connectivity index (χ1n) is 6.62. The molecule has 0 fully saturated rings. The molecule has 0 saturated carbocycles. The van der Waals surface area contributed by atoms with Gasteiger partial charge in [-0.05, 0) is 17.5 Å². The van der Waals surface area contributed by atoms with Gasteiger partial charge in [-0.25, -0.2) is 0 Å². The highest BCUT2D eigenvalue weighted by Gasteiger charge is 2.25. The first-order valence-corrected chi connectivity index (χ1v) is 7.50. The van der Waals surface area contributed by atoms with E-state index in [4.69, 9.17) is 4.52 Å². The molecule has 4 rings (SSSR count). The normalized spacial score (nSPS) is 14.2. The number of nitrogens with zero attached hydrogens (tertiary/aromatic N) is 3. The van der Waals surface area contributed by atoms with Crippen molar-refractivity contribution in [2.45, 2.75) is 13.0 Å². The number of fused-ring (bicyclic) bond motifs is 1. The average Bonchev–Trinajstić information content (AvgIpc) is 3.24. The Morgan fingerprint density at radius 1 is 1.48 bits per heavy atom. The summed E-state index contributed by atoms with van der Waals surface area (Å²) >= 11 is 1.61. The lowest BCUT2D eigenvalue weighted by molar-refractivity contribution is 0.0723. The summed E-state index contributed by atoms with van der Waals surface area (Å²) in [5.74, 6) is 0.807. The number of H-pyrrole nitrogens is 1. The van der Waals surface area contributed by atoms with Crippen LogP contribution in [0, 0.1) is 0 Å². The molecular formula is C14H12N4O2S. The number of carbonyl (C=O) groups excluding carboxylic acids is 1. The highest BCUT2D eigenvalue weighted by atomic mass is 32.1. The van der Waals surface area contributed by atoms with Crippen molar-refractivity contribution in [1.29, 1.82) is 0 Å². The molecule has 7 heteroatoms. The van der Waals surface area contributed by atoms with Crippen LogP contribution in [-0.4, -0.2) is 32.7 Å². The van der Waals surface area contributed by atoms with Gasteiger partial charge in [-0.15, -0.1) is 11.3 Å². The molecule has 1 aliphatic rings. The molecule has 1 aliphatic heterocycles. The third-order valence-electron chi connectivity index (χ3n) is 3.57. The van der Waals surface area contributed by atoms with Crippen molar-refractivity contribution in [2.75, 3.05) is 6.54 Å². The number of aromatic nitrogens is 3. The Hall–Kier alpha value is -2.41. The predicted octanol–water partition coefficient (Wildman–Crippen LogP) is 2.32. The number of rotatable bonds is 2. The van der Waals surface area contributed by atoms with Crippen LogP contribution in [-0.2, 0) is 13.0 Å². The average molecular weight is 300 g/mol. The van der Waals surface area contributed by atoms with Crippen LogP contribution in [0.5, 0.6) is 0 Å². The maximum absolute atomic E-state index is 12.5. The summed E-state index contributed by atoms with van der Waals surface area (Å²) in [4.78, 5) is 15.4. The summed E-state index contributed by atoms with van der Waals surface area (Å²) in [7, 11) is 0. The third-order valence-corrected chi connectivity index (χ3v) is 4.47. The Labute approximate surface area is 124 Å². The summed E-state index contributed by atoms with van der Waals surface area (Å²) in [6.07, 6.45) is 2.37. The molecular weight excluding hydrogens is 288 g/mol. The van der Waals surface area contributed by atoms with Crippen molar-refractivity contribution in [2.24, 2.45) is 0 Å². The van der Waals surface area contributed by atoms with Gasteiger partial charge in [0.05, 0.1) is 23.3 Å². The highest BCUT2D eigenvalue weighted by Crippen LogP contribution is 2.24. The zero-order chi connectivity index (χ0) is 14.2. The van der Waals surface area contributed by atoms with Gasteiger partial charge in [0, 0.05) is 18.5 Å². The number of hydrogen-bond donors (Lipinski definition) is 1. The van der Waals surface area contributed by atoms with E-state index in [0.29, 0.717) is 25.2 Å². The van der Waals surface area contributed by atoms with E-state index in [1.807, 2.05) is 17.5 Å². The van der Waals surface area contributed by atoms with Gasteiger partial charge >= 0.3 is 0 Å². The van der Waals surface area contributed by atoms with Gasteiger partial charge in [0.25, 0.3) is 5.91 Å². The summed E-state index contributed by atoms with van der Waals surface area (Å²) in [6, 6.07) is 5.77. The van der Waals surface area contributed by atoms with Crippen LogP contribution in [0.15, 0.2) is 34.3 Å². The first-order chi connectivity index (χ1) is 10.3. The molecule has 0 saturated heterocycles. The lowest BCUT2D eigenvalue weighted by Crippen LogP contribution is -2.35. The van der Waals surface area contributed by atoms with E-state index in [1.165, 1.54) is 0 Å². The second-order valence-electron chi connectivity index (χ2n) is 4.90. The number of carbonyl (C=O) groups is 1. The lowest BCUT2D eigenvalue weighted by Gasteiger charge is -2.24. The topological polar surface area (TPSA) is 75.0 Å². The summed E-state index contributed by atoms with van der Waals surface area (Å²) < 4.78 is 5.13. The molecule has 0 aliphatic carbocycles. The number of aromatic amines is 1. The van der Waals surface area contributed by atoms with Crippen LogP contribution < -0.4 is 0 Å². The second kappa shape index (κ2) is 4.85. The molecule has 0 radical (unpaired) electrons. The van der Waals surface area contributed by atoms with Crippen molar-refractivity contribution in [1.82, 2.24) is 20.3 Å². The van der Waals surface area contributed by atoms with E-state index >= 15 is 0 Å². The van der Waals surface area contributed by atoms with Gasteiger partial charge in [-0.3, -0.25) is 9.89 Å². The zero-order valence-electron chi connectivity index (χ0n) is 11.1. The van der Waals surface area contributed by atoms with Crippen LogP contribution in [0.3, 0.4) is 0 Å². The SMILES string of the molecule is O=C(c1cc(-c2cccs2)[nH]n1)N1CCc2oncc2C1. The maximum atomic E-state index is 12.5. The predicted molar refractivity (Wildman–Crippen MR) is 76.8 cm³/mol. The fourth-order valence-electron chi connectivity index (χ4n) is 2.47. The Morgan fingerprint density at radius 2 is 2.43 bits per heavy atom. The smallest absolute Gasteiger partial charge is 0.274 e. The van der Waals surface area contributed by atoms with E-state index in [0.717, 1.165) is 21.9 Å². The molecule has 0 spiro atoms. The van der Waals surface area contributed by atoms with Gasteiger partial charge in [-0.1, -0.05) is 11.2 Å². The molecule has 4 heterocycles. The monoisotopic (exact) mass is 300 g/mol. The number of hydrogen-bond acceptors (Lipinski definition) is 5. The van der Waals surface area contributed by atoms with E-state index in [2.05, 4.69) is 15.4 Å². The van der Waals surface area contributed by atoms with Crippen molar-refractivity contribution in [3.63, 3.8) is 0 Å². The first kappa shape index (κ1) is 12.3. The van der Waals surface area contributed by atoms with Crippen molar-refractivity contribution in [3.05, 3.63) is 46.8 Å². The van der Waals surface area contributed by atoms with Gasteiger partial charge in [0.1, 0.15) is 5.76 Å². The minimum Gasteiger partial charge on any atom is -0.361 e. The zero-order valence-corrected chi connectivity index (χ0v) is 11.9. The van der Waals surface area contributed by atoms with Crippen LogP contribution in [0.2, 0.25) is 0 Å². The highest BCUT2D eigenvalue weighted by molar-refractivity contribution is 7.13. The van der Waals surface area contributed by atoms with Crippen LogP contribution in [0.1, 0.15) is 21.8 Å². The van der Waals surface area contributed by atoms with E-state index in [1.54, 1.807) is 28.5 Å². The largest absolute Gasteiger partial charge is 0.361 e. The molecule has 106 valence electrons. The summed E-state index contributed by atoms with van der Waals surface area (Å²) in [5, 5.41) is 12.8. The molecule has 0 bridgehead atoms. The Morgan fingerprint density at radius 3 is 3.29 bits per heavy atom. The molecule has 1 amide bonds. The quantitative estimate of drug-likeness (QED) is 0.788. The van der Waals surface area contributed by atoms with Gasteiger partial charge < -0.3 is 9.42 Å². The van der Waals surface area contributed by atoms with Gasteiger partial charge in [0.2, 0.25) is 0 Å². The Kier molecular flexibility index (Phi) is 2.85. The van der Waals surface area contributed by atoms with Crippen molar-refractivity contribution in [3.8, 4) is 10.6 Å². The lowest BCUT2D eigenvalue weighted by atomic mass is 10.1. The van der Waals surface area contributed by atoms with Gasteiger partial charge in [0.15, 0.2) is 5.69 Å².